The fraction of sp³-hybridized carbons (Fsp3) is 0.538. The quantitative estimate of drug-likeness (QED) is 0.665. The van der Waals surface area contributed by atoms with Crippen molar-refractivity contribution in [1.82, 2.24) is 4.31 Å². The van der Waals surface area contributed by atoms with E-state index in [2.05, 4.69) is 5.32 Å². The second-order valence-electron chi connectivity index (χ2n) is 6.01. The summed E-state index contributed by atoms with van der Waals surface area (Å²) in [6.07, 6.45) is 0. The van der Waals surface area contributed by atoms with Crippen LogP contribution in [0.5, 0.6) is 0 Å². The number of anilines is 1. The van der Waals surface area contributed by atoms with Crippen molar-refractivity contribution in [3.05, 3.63) is 28.3 Å². The number of hydrogen-bond donors (Lipinski definition) is 1. The number of sulfonamides is 1. The fourth-order valence-corrected chi connectivity index (χ4v) is 3.54. The molecule has 0 heterocycles. The molecule has 0 saturated carbocycles. The van der Waals surface area contributed by atoms with Gasteiger partial charge in [-0.2, -0.15) is 0 Å². The third kappa shape index (κ3) is 4.15. The highest BCUT2D eigenvalue weighted by Gasteiger charge is 2.28. The van der Waals surface area contributed by atoms with E-state index in [1.807, 2.05) is 20.8 Å². The lowest BCUT2D eigenvalue weighted by atomic mass is 9.97. The minimum Gasteiger partial charge on any atom is -0.387 e. The Balaban J connectivity index is 3.28. The largest absolute Gasteiger partial charge is 0.387 e. The highest BCUT2D eigenvalue weighted by Crippen LogP contribution is 2.29. The van der Waals surface area contributed by atoms with Crippen molar-refractivity contribution in [3.63, 3.8) is 0 Å². The minimum atomic E-state index is -3.71. The zero-order chi connectivity index (χ0) is 16.4. The van der Waals surface area contributed by atoms with Gasteiger partial charge in [0.2, 0.25) is 10.0 Å². The van der Waals surface area contributed by atoms with E-state index in [-0.39, 0.29) is 21.7 Å². The molecule has 8 heteroatoms. The molecule has 1 N–H and O–H groups in total. The lowest BCUT2D eigenvalue weighted by Crippen LogP contribution is -2.34. The van der Waals surface area contributed by atoms with Gasteiger partial charge in [-0.25, -0.2) is 12.7 Å². The molecule has 118 valence electrons. The zero-order valence-electron chi connectivity index (χ0n) is 12.9. The van der Waals surface area contributed by atoms with Crippen LogP contribution in [0.25, 0.3) is 0 Å². The average Bonchev–Trinajstić information content (AvgIpc) is 2.35. The van der Waals surface area contributed by atoms with Crippen molar-refractivity contribution in [2.75, 3.05) is 26.0 Å². The van der Waals surface area contributed by atoms with E-state index >= 15 is 0 Å². The van der Waals surface area contributed by atoms with E-state index in [1.54, 1.807) is 0 Å². The number of nitrogens with zero attached hydrogens (tertiary/aromatic N) is 2. The molecular formula is C13H21N3O4S. The number of rotatable bonds is 5. The van der Waals surface area contributed by atoms with Crippen molar-refractivity contribution in [1.29, 1.82) is 0 Å². The van der Waals surface area contributed by atoms with Crippen LogP contribution in [0.1, 0.15) is 20.8 Å². The van der Waals surface area contributed by atoms with E-state index in [1.165, 1.54) is 36.6 Å². The van der Waals surface area contributed by atoms with Crippen LogP contribution < -0.4 is 5.32 Å². The molecule has 0 radical (unpaired) electrons. The van der Waals surface area contributed by atoms with Crippen LogP contribution in [0.4, 0.5) is 11.4 Å². The number of hydrogen-bond acceptors (Lipinski definition) is 5. The van der Waals surface area contributed by atoms with Crippen molar-refractivity contribution in [3.8, 4) is 0 Å². The first-order valence-electron chi connectivity index (χ1n) is 6.41. The SMILES string of the molecule is CNc1cc([N+](=O)[O-])ccc1S(=O)(=O)N(C)CC(C)(C)C. The molecule has 21 heavy (non-hydrogen) atoms. The lowest BCUT2D eigenvalue weighted by Gasteiger charge is -2.26. The summed E-state index contributed by atoms with van der Waals surface area (Å²) in [6, 6.07) is 3.68. The van der Waals surface area contributed by atoms with E-state index < -0.39 is 14.9 Å². The molecule has 1 rings (SSSR count). The molecule has 0 aliphatic heterocycles. The average molecular weight is 315 g/mol. The first-order chi connectivity index (χ1) is 9.49. The monoisotopic (exact) mass is 315 g/mol. The Kier molecular flexibility index (Phi) is 4.95. The lowest BCUT2D eigenvalue weighted by molar-refractivity contribution is -0.384. The molecule has 0 fully saturated rings. The van der Waals surface area contributed by atoms with Crippen LogP contribution in [0, 0.1) is 15.5 Å². The van der Waals surface area contributed by atoms with Gasteiger partial charge in [0.05, 0.1) is 10.6 Å². The normalized spacial score (nSPS) is 12.5. The molecule has 0 aromatic heterocycles. The summed E-state index contributed by atoms with van der Waals surface area (Å²) in [7, 11) is -0.678. The summed E-state index contributed by atoms with van der Waals surface area (Å²) in [5, 5.41) is 13.5. The predicted molar refractivity (Wildman–Crippen MR) is 81.9 cm³/mol. The second kappa shape index (κ2) is 5.98. The van der Waals surface area contributed by atoms with Gasteiger partial charge in [-0.15, -0.1) is 0 Å². The Bertz CT molecular complexity index is 635. The standard InChI is InChI=1S/C13H21N3O4S/c1-13(2,3)9-15(5)21(19,20)12-7-6-10(16(17)18)8-11(12)14-4/h6-8,14H,9H2,1-5H3. The van der Waals surface area contributed by atoms with Gasteiger partial charge in [0.25, 0.3) is 5.69 Å². The number of nitro benzene ring substituents is 1. The molecule has 0 aliphatic carbocycles. The highest BCUT2D eigenvalue weighted by molar-refractivity contribution is 7.89. The van der Waals surface area contributed by atoms with Gasteiger partial charge in [0, 0.05) is 32.8 Å². The van der Waals surface area contributed by atoms with Crippen LogP contribution >= 0.6 is 0 Å². The van der Waals surface area contributed by atoms with Crippen molar-refractivity contribution < 1.29 is 13.3 Å². The molecule has 7 nitrogen and oxygen atoms in total. The van der Waals surface area contributed by atoms with Gasteiger partial charge in [-0.3, -0.25) is 10.1 Å². The fourth-order valence-electron chi connectivity index (χ4n) is 1.97. The second-order valence-corrected chi connectivity index (χ2v) is 8.02. The van der Waals surface area contributed by atoms with E-state index in [0.29, 0.717) is 6.54 Å². The molecule has 0 unspecified atom stereocenters. The Morgan fingerprint density at radius 3 is 2.33 bits per heavy atom. The Morgan fingerprint density at radius 1 is 1.33 bits per heavy atom. The Labute approximate surface area is 125 Å². The first kappa shape index (κ1) is 17.4. The van der Waals surface area contributed by atoms with Gasteiger partial charge in [0.15, 0.2) is 0 Å². The van der Waals surface area contributed by atoms with E-state index in [0.717, 1.165) is 0 Å². The summed E-state index contributed by atoms with van der Waals surface area (Å²) in [4.78, 5) is 10.2. The van der Waals surface area contributed by atoms with Gasteiger partial charge in [0.1, 0.15) is 4.90 Å². The van der Waals surface area contributed by atoms with Crippen LogP contribution in [0.3, 0.4) is 0 Å². The van der Waals surface area contributed by atoms with Crippen molar-refractivity contribution in [2.45, 2.75) is 25.7 Å². The molecule has 0 bridgehead atoms. The zero-order valence-corrected chi connectivity index (χ0v) is 13.7. The molecular weight excluding hydrogens is 294 g/mol. The molecule has 1 aromatic rings. The highest BCUT2D eigenvalue weighted by atomic mass is 32.2. The summed E-state index contributed by atoms with van der Waals surface area (Å²) in [5.41, 5.74) is -0.135. The summed E-state index contributed by atoms with van der Waals surface area (Å²) < 4.78 is 26.4. The molecule has 0 aliphatic rings. The third-order valence-electron chi connectivity index (χ3n) is 2.83. The summed E-state index contributed by atoms with van der Waals surface area (Å²) >= 11 is 0. The number of nitro groups is 1. The number of benzene rings is 1. The van der Waals surface area contributed by atoms with Crippen LogP contribution in [-0.4, -0.2) is 38.3 Å². The molecule has 1 aromatic carbocycles. The summed E-state index contributed by atoms with van der Waals surface area (Å²) in [5.74, 6) is 0. The third-order valence-corrected chi connectivity index (χ3v) is 4.69. The van der Waals surface area contributed by atoms with Crippen LogP contribution in [0.15, 0.2) is 23.1 Å². The van der Waals surface area contributed by atoms with Gasteiger partial charge in [-0.05, 0) is 11.5 Å². The Morgan fingerprint density at radius 2 is 1.90 bits per heavy atom. The van der Waals surface area contributed by atoms with Crippen molar-refractivity contribution >= 4 is 21.4 Å². The maximum atomic E-state index is 12.6. The number of nitrogens with one attached hydrogen (secondary N) is 1. The molecule has 0 amide bonds. The predicted octanol–water partition coefficient (Wildman–Crippen LogP) is 2.30. The molecule has 0 saturated heterocycles. The van der Waals surface area contributed by atoms with Gasteiger partial charge >= 0.3 is 0 Å². The minimum absolute atomic E-state index is 0.0300. The van der Waals surface area contributed by atoms with Crippen LogP contribution in [-0.2, 0) is 10.0 Å². The van der Waals surface area contributed by atoms with E-state index in [4.69, 9.17) is 0 Å². The number of non-ortho nitro benzene ring substituents is 1. The first-order valence-corrected chi connectivity index (χ1v) is 7.85. The topological polar surface area (TPSA) is 92.5 Å². The smallest absolute Gasteiger partial charge is 0.271 e. The van der Waals surface area contributed by atoms with Gasteiger partial charge in [-0.1, -0.05) is 20.8 Å². The van der Waals surface area contributed by atoms with Gasteiger partial charge < -0.3 is 5.32 Å². The van der Waals surface area contributed by atoms with Crippen LogP contribution in [0.2, 0.25) is 0 Å². The maximum absolute atomic E-state index is 12.6. The summed E-state index contributed by atoms with van der Waals surface area (Å²) in [6.45, 7) is 6.16. The van der Waals surface area contributed by atoms with Crippen molar-refractivity contribution in [2.24, 2.45) is 5.41 Å². The molecule has 0 spiro atoms. The van der Waals surface area contributed by atoms with E-state index in [9.17, 15) is 18.5 Å². The Hall–Kier alpha value is -1.67. The maximum Gasteiger partial charge on any atom is 0.271 e. The molecule has 0 atom stereocenters.